The van der Waals surface area contributed by atoms with Crippen LogP contribution in [-0.4, -0.2) is 57.0 Å². The zero-order valence-electron chi connectivity index (χ0n) is 14.8. The normalized spacial score (nSPS) is 17.8. The van der Waals surface area contributed by atoms with E-state index in [2.05, 4.69) is 29.1 Å². The number of anilines is 1. The van der Waals surface area contributed by atoms with E-state index >= 15 is 0 Å². The monoisotopic (exact) mass is 344 g/mol. The molecule has 8 nitrogen and oxygen atoms in total. The number of aromatic amines is 1. The van der Waals surface area contributed by atoms with E-state index in [4.69, 9.17) is 0 Å². The van der Waals surface area contributed by atoms with Gasteiger partial charge in [0.15, 0.2) is 0 Å². The van der Waals surface area contributed by atoms with Gasteiger partial charge in [0.1, 0.15) is 5.69 Å². The van der Waals surface area contributed by atoms with Gasteiger partial charge in [-0.15, -0.1) is 0 Å². The van der Waals surface area contributed by atoms with E-state index in [1.165, 1.54) is 4.68 Å². The Morgan fingerprint density at radius 1 is 1.44 bits per heavy atom. The maximum absolute atomic E-state index is 12.5. The van der Waals surface area contributed by atoms with Crippen LogP contribution < -0.4 is 10.5 Å². The first kappa shape index (κ1) is 17.2. The fourth-order valence-electron chi connectivity index (χ4n) is 3.06. The van der Waals surface area contributed by atoms with Gasteiger partial charge in [-0.3, -0.25) is 14.7 Å². The number of carbonyl (C=O) groups excluding carboxylic acids is 1. The second-order valence-corrected chi connectivity index (χ2v) is 6.72. The molecule has 3 rings (SSSR count). The first-order valence-corrected chi connectivity index (χ1v) is 8.57. The van der Waals surface area contributed by atoms with Crippen LogP contribution in [0.1, 0.15) is 43.2 Å². The van der Waals surface area contributed by atoms with Gasteiger partial charge in [-0.1, -0.05) is 0 Å². The second-order valence-electron chi connectivity index (χ2n) is 6.72. The lowest BCUT2D eigenvalue weighted by Gasteiger charge is -2.33. The second kappa shape index (κ2) is 7.08. The molecule has 0 spiro atoms. The average Bonchev–Trinajstić information content (AvgIpc) is 3.15. The number of carbonyl (C=O) groups is 1. The Kier molecular flexibility index (Phi) is 4.87. The average molecular weight is 344 g/mol. The Morgan fingerprint density at radius 3 is 2.88 bits per heavy atom. The molecule has 0 aromatic carbocycles. The Bertz CT molecular complexity index is 783. The maximum Gasteiger partial charge on any atom is 0.271 e. The predicted octanol–water partition coefficient (Wildman–Crippen LogP) is 1.29. The summed E-state index contributed by atoms with van der Waals surface area (Å²) in [5.41, 5.74) is 1.14. The molecule has 25 heavy (non-hydrogen) atoms. The van der Waals surface area contributed by atoms with Crippen LogP contribution in [0.3, 0.4) is 0 Å². The van der Waals surface area contributed by atoms with E-state index in [1.807, 2.05) is 11.9 Å². The van der Waals surface area contributed by atoms with Gasteiger partial charge in [-0.05, 0) is 32.8 Å². The summed E-state index contributed by atoms with van der Waals surface area (Å²) in [6.07, 6.45) is 4.95. The van der Waals surface area contributed by atoms with Gasteiger partial charge in [0.25, 0.3) is 11.5 Å². The van der Waals surface area contributed by atoms with Gasteiger partial charge in [0.05, 0.1) is 17.9 Å². The van der Waals surface area contributed by atoms with Crippen molar-refractivity contribution in [3.63, 3.8) is 0 Å². The van der Waals surface area contributed by atoms with E-state index in [0.717, 1.165) is 18.5 Å². The molecule has 0 radical (unpaired) electrons. The zero-order chi connectivity index (χ0) is 18.0. The van der Waals surface area contributed by atoms with Crippen LogP contribution in [0.5, 0.6) is 0 Å². The van der Waals surface area contributed by atoms with E-state index in [-0.39, 0.29) is 23.6 Å². The topological polar surface area (TPSA) is 87.1 Å². The molecule has 0 unspecified atom stereocenters. The Labute approximate surface area is 146 Å². The van der Waals surface area contributed by atoms with E-state index < -0.39 is 0 Å². The molecular formula is C17H24N6O2. The Morgan fingerprint density at radius 2 is 2.24 bits per heavy atom. The highest BCUT2D eigenvalue weighted by atomic mass is 16.2. The number of aromatic nitrogens is 4. The van der Waals surface area contributed by atoms with Crippen molar-refractivity contribution in [3.05, 3.63) is 40.6 Å². The van der Waals surface area contributed by atoms with Crippen molar-refractivity contribution < 1.29 is 4.79 Å². The summed E-state index contributed by atoms with van der Waals surface area (Å²) in [5, 5.41) is 10.9. The van der Waals surface area contributed by atoms with Gasteiger partial charge in [0.2, 0.25) is 0 Å². The molecule has 3 heterocycles. The van der Waals surface area contributed by atoms with E-state index in [0.29, 0.717) is 18.8 Å². The summed E-state index contributed by atoms with van der Waals surface area (Å²) in [7, 11) is 1.94. The standard InChI is InChI=1S/C17H24N6O2/c1-12(2)21(3)14-9-16(24)23(19-10-14)13-5-4-8-22(11-13)17(25)15-6-7-18-20-15/h6-7,9-10,12-13H,4-5,8,11H2,1-3H3,(H,18,20)/t13-/m0/s1. The third-order valence-electron chi connectivity index (χ3n) is 4.75. The van der Waals surface area contributed by atoms with Gasteiger partial charge in [0, 0.05) is 38.4 Å². The molecule has 0 aliphatic carbocycles. The first-order valence-electron chi connectivity index (χ1n) is 8.57. The highest BCUT2D eigenvalue weighted by molar-refractivity contribution is 5.92. The zero-order valence-corrected chi connectivity index (χ0v) is 14.8. The van der Waals surface area contributed by atoms with E-state index in [1.54, 1.807) is 29.4 Å². The molecule has 2 aromatic rings. The molecule has 8 heteroatoms. The minimum absolute atomic E-state index is 0.0913. The Hall–Kier alpha value is -2.64. The Balaban J connectivity index is 1.77. The van der Waals surface area contributed by atoms with Crippen LogP contribution in [0.4, 0.5) is 5.69 Å². The van der Waals surface area contributed by atoms with Crippen molar-refractivity contribution in [1.82, 2.24) is 24.9 Å². The molecular weight excluding hydrogens is 320 g/mol. The van der Waals surface area contributed by atoms with Crippen LogP contribution in [-0.2, 0) is 0 Å². The number of hydrogen-bond acceptors (Lipinski definition) is 5. The van der Waals surface area contributed by atoms with Crippen LogP contribution in [0, 0.1) is 0 Å². The fourth-order valence-corrected chi connectivity index (χ4v) is 3.06. The molecule has 1 atom stereocenters. The lowest BCUT2D eigenvalue weighted by Crippen LogP contribution is -2.43. The van der Waals surface area contributed by atoms with Crippen molar-refractivity contribution >= 4 is 11.6 Å². The minimum atomic E-state index is -0.133. The summed E-state index contributed by atoms with van der Waals surface area (Å²) in [4.78, 5) is 28.8. The number of likely N-dealkylation sites (tertiary alicyclic amines) is 1. The third kappa shape index (κ3) is 3.57. The van der Waals surface area contributed by atoms with Gasteiger partial charge in [-0.2, -0.15) is 10.2 Å². The van der Waals surface area contributed by atoms with Crippen molar-refractivity contribution in [2.45, 2.75) is 38.8 Å². The van der Waals surface area contributed by atoms with Crippen molar-refractivity contribution in [3.8, 4) is 0 Å². The SMILES string of the molecule is CC(C)N(C)c1cnn([C@H]2CCCN(C(=O)c3ccn[nH]3)C2)c(=O)c1. The van der Waals surface area contributed by atoms with Gasteiger partial charge in [-0.25, -0.2) is 4.68 Å². The number of hydrogen-bond donors (Lipinski definition) is 1. The number of piperidine rings is 1. The predicted molar refractivity (Wildman–Crippen MR) is 94.8 cm³/mol. The lowest BCUT2D eigenvalue weighted by molar-refractivity contribution is 0.0664. The molecule has 1 N–H and O–H groups in total. The molecule has 0 saturated carbocycles. The van der Waals surface area contributed by atoms with E-state index in [9.17, 15) is 9.59 Å². The summed E-state index contributed by atoms with van der Waals surface area (Å²) in [6, 6.07) is 3.45. The van der Waals surface area contributed by atoms with Crippen LogP contribution in [0.2, 0.25) is 0 Å². The molecule has 1 fully saturated rings. The molecule has 0 bridgehead atoms. The van der Waals surface area contributed by atoms with Crippen molar-refractivity contribution in [2.24, 2.45) is 0 Å². The van der Waals surface area contributed by atoms with Crippen LogP contribution in [0.15, 0.2) is 29.3 Å². The molecule has 1 saturated heterocycles. The minimum Gasteiger partial charge on any atom is -0.371 e. The molecule has 134 valence electrons. The lowest BCUT2D eigenvalue weighted by atomic mass is 10.1. The number of H-pyrrole nitrogens is 1. The largest absolute Gasteiger partial charge is 0.371 e. The fraction of sp³-hybridized carbons (Fsp3) is 0.529. The summed E-state index contributed by atoms with van der Waals surface area (Å²) in [5.74, 6) is -0.0913. The third-order valence-corrected chi connectivity index (χ3v) is 4.75. The summed E-state index contributed by atoms with van der Waals surface area (Å²) >= 11 is 0. The quantitative estimate of drug-likeness (QED) is 0.903. The van der Waals surface area contributed by atoms with Gasteiger partial charge < -0.3 is 9.80 Å². The highest BCUT2D eigenvalue weighted by Gasteiger charge is 2.27. The first-order chi connectivity index (χ1) is 12.0. The molecule has 1 aliphatic rings. The summed E-state index contributed by atoms with van der Waals surface area (Å²) < 4.78 is 1.50. The molecule has 1 amide bonds. The van der Waals surface area contributed by atoms with Crippen LogP contribution >= 0.6 is 0 Å². The summed E-state index contributed by atoms with van der Waals surface area (Å²) in [6.45, 7) is 5.28. The number of amides is 1. The van der Waals surface area contributed by atoms with Crippen molar-refractivity contribution in [1.29, 1.82) is 0 Å². The van der Waals surface area contributed by atoms with Crippen molar-refractivity contribution in [2.75, 3.05) is 25.0 Å². The van der Waals surface area contributed by atoms with Gasteiger partial charge >= 0.3 is 0 Å². The smallest absolute Gasteiger partial charge is 0.271 e. The number of rotatable bonds is 4. The number of nitrogens with one attached hydrogen (secondary N) is 1. The molecule has 2 aromatic heterocycles. The number of nitrogens with zero attached hydrogens (tertiary/aromatic N) is 5. The highest BCUT2D eigenvalue weighted by Crippen LogP contribution is 2.21. The molecule has 1 aliphatic heterocycles. The van der Waals surface area contributed by atoms with Crippen LogP contribution in [0.25, 0.3) is 0 Å². The maximum atomic E-state index is 12.5.